The zero-order chi connectivity index (χ0) is 32.8. The maximum Gasteiger partial charge on any atom is 0.235 e. The highest BCUT2D eigenvalue weighted by atomic mass is 32.1. The van der Waals surface area contributed by atoms with Crippen molar-refractivity contribution in [1.29, 1.82) is 0 Å². The average Bonchev–Trinajstić information content (AvgIpc) is 3.73. The fourth-order valence-corrected chi connectivity index (χ4v) is 9.04. The molecule has 0 aliphatic heterocycles. The molecule has 0 radical (unpaired) electrons. The standard InChI is InChI=1S/C46H27N3S/c1-2-13-30(14-3-1)43-37-24-21-29-12-5-7-16-33(29)44(37)48-46(47-43)49-39-20-9-8-17-35(39)36-19-10-18-34(45(36)49)31-23-25-40-38(27-31)42-32-15-6-4-11-28(32)22-26-41(42)50-40/h1-27H. The van der Waals surface area contributed by atoms with E-state index in [1.807, 2.05) is 11.3 Å². The summed E-state index contributed by atoms with van der Waals surface area (Å²) in [7, 11) is 0. The number of hydrogen-bond donors (Lipinski definition) is 0. The number of aromatic nitrogens is 3. The summed E-state index contributed by atoms with van der Waals surface area (Å²) in [6, 6.07) is 58.9. The predicted molar refractivity (Wildman–Crippen MR) is 213 cm³/mol. The molecule has 0 bridgehead atoms. The summed E-state index contributed by atoms with van der Waals surface area (Å²) in [4.78, 5) is 10.9. The van der Waals surface area contributed by atoms with Gasteiger partial charge >= 0.3 is 0 Å². The van der Waals surface area contributed by atoms with Gasteiger partial charge in [-0.2, -0.15) is 0 Å². The molecule has 0 unspecified atom stereocenters. The van der Waals surface area contributed by atoms with Crippen LogP contribution in [0.5, 0.6) is 0 Å². The van der Waals surface area contributed by atoms with E-state index in [0.29, 0.717) is 5.95 Å². The third-order valence-corrected chi connectivity index (χ3v) is 11.3. The molecule has 0 saturated carbocycles. The molecule has 50 heavy (non-hydrogen) atoms. The zero-order valence-corrected chi connectivity index (χ0v) is 27.7. The number of nitrogens with zero attached hydrogens (tertiary/aromatic N) is 3. The SMILES string of the molecule is c1ccc(-c2nc(-n3c4ccccc4c4cccc(-c5ccc6sc7ccc8ccccc8c7c6c5)c43)nc3c2ccc2ccccc23)cc1. The highest BCUT2D eigenvalue weighted by molar-refractivity contribution is 7.26. The lowest BCUT2D eigenvalue weighted by atomic mass is 9.98. The van der Waals surface area contributed by atoms with Crippen molar-refractivity contribution in [2.75, 3.05) is 0 Å². The van der Waals surface area contributed by atoms with Crippen LogP contribution in [0.3, 0.4) is 0 Å². The maximum absolute atomic E-state index is 5.44. The van der Waals surface area contributed by atoms with Crippen LogP contribution in [0.25, 0.3) is 103 Å². The summed E-state index contributed by atoms with van der Waals surface area (Å²) in [5.41, 5.74) is 7.47. The van der Waals surface area contributed by atoms with Gasteiger partial charge in [0.1, 0.15) is 0 Å². The van der Waals surface area contributed by atoms with Gasteiger partial charge in [-0.25, -0.2) is 9.97 Å². The first kappa shape index (κ1) is 27.6. The highest BCUT2D eigenvalue weighted by Crippen LogP contribution is 2.43. The Morgan fingerprint density at radius 3 is 2.02 bits per heavy atom. The molecule has 0 fully saturated rings. The van der Waals surface area contributed by atoms with Crippen molar-refractivity contribution in [3.8, 4) is 28.3 Å². The summed E-state index contributed by atoms with van der Waals surface area (Å²) < 4.78 is 4.90. The first-order chi connectivity index (χ1) is 24.8. The molecule has 232 valence electrons. The summed E-state index contributed by atoms with van der Waals surface area (Å²) in [6.45, 7) is 0. The predicted octanol–water partition coefficient (Wildman–Crippen LogP) is 12.7. The molecular weight excluding hydrogens is 627 g/mol. The van der Waals surface area contributed by atoms with Gasteiger partial charge in [0, 0.05) is 52.8 Å². The van der Waals surface area contributed by atoms with Crippen LogP contribution in [0.4, 0.5) is 0 Å². The van der Waals surface area contributed by atoms with E-state index in [1.165, 1.54) is 47.3 Å². The van der Waals surface area contributed by atoms with Gasteiger partial charge in [0.05, 0.1) is 22.2 Å². The summed E-state index contributed by atoms with van der Waals surface area (Å²) in [5, 5.41) is 10.9. The molecule has 3 heterocycles. The van der Waals surface area contributed by atoms with Crippen molar-refractivity contribution in [2.24, 2.45) is 0 Å². The molecule has 11 rings (SSSR count). The number of rotatable bonds is 3. The molecule has 3 nitrogen and oxygen atoms in total. The number of benzene rings is 8. The third kappa shape index (κ3) is 3.97. The van der Waals surface area contributed by atoms with E-state index in [0.717, 1.165) is 49.5 Å². The summed E-state index contributed by atoms with van der Waals surface area (Å²) in [6.07, 6.45) is 0. The molecule has 0 N–H and O–H groups in total. The molecule has 4 heteroatoms. The van der Waals surface area contributed by atoms with E-state index in [1.54, 1.807) is 0 Å². The van der Waals surface area contributed by atoms with Crippen molar-refractivity contribution >= 4 is 85.8 Å². The third-order valence-electron chi connectivity index (χ3n) is 10.2. The molecule has 0 saturated heterocycles. The summed E-state index contributed by atoms with van der Waals surface area (Å²) >= 11 is 1.86. The second-order valence-corrected chi connectivity index (χ2v) is 14.0. The normalized spacial score (nSPS) is 12.0. The van der Waals surface area contributed by atoms with Crippen LogP contribution in [0.15, 0.2) is 164 Å². The van der Waals surface area contributed by atoms with Crippen molar-refractivity contribution in [3.63, 3.8) is 0 Å². The lowest BCUT2D eigenvalue weighted by molar-refractivity contribution is 1.02. The van der Waals surface area contributed by atoms with Crippen LogP contribution in [-0.4, -0.2) is 14.5 Å². The van der Waals surface area contributed by atoms with Crippen LogP contribution in [-0.2, 0) is 0 Å². The van der Waals surface area contributed by atoms with Crippen LogP contribution in [0, 0.1) is 0 Å². The fraction of sp³-hybridized carbons (Fsp3) is 0. The Morgan fingerprint density at radius 1 is 0.440 bits per heavy atom. The summed E-state index contributed by atoms with van der Waals surface area (Å²) in [5.74, 6) is 0.666. The monoisotopic (exact) mass is 653 g/mol. The van der Waals surface area contributed by atoms with E-state index < -0.39 is 0 Å². The second kappa shape index (κ2) is 10.6. The molecule has 11 aromatic rings. The molecule has 8 aromatic carbocycles. The Labute approximate surface area is 291 Å². The smallest absolute Gasteiger partial charge is 0.235 e. The van der Waals surface area contributed by atoms with Gasteiger partial charge in [0.25, 0.3) is 0 Å². The van der Waals surface area contributed by atoms with Gasteiger partial charge in [-0.05, 0) is 52.1 Å². The minimum absolute atomic E-state index is 0.666. The largest absolute Gasteiger partial charge is 0.277 e. The van der Waals surface area contributed by atoms with E-state index in [-0.39, 0.29) is 0 Å². The van der Waals surface area contributed by atoms with Crippen LogP contribution in [0.2, 0.25) is 0 Å². The Bertz CT molecular complexity index is 3150. The molecule has 0 aliphatic carbocycles. The Morgan fingerprint density at radius 2 is 1.14 bits per heavy atom. The quantitative estimate of drug-likeness (QED) is 0.178. The van der Waals surface area contributed by atoms with Gasteiger partial charge in [-0.15, -0.1) is 11.3 Å². The molecular formula is C46H27N3S. The number of fused-ring (bicyclic) bond motifs is 11. The number of thiophene rings is 1. The lowest BCUT2D eigenvalue weighted by Gasteiger charge is -2.14. The molecule has 0 spiro atoms. The Hall–Kier alpha value is -6.36. The van der Waals surface area contributed by atoms with Crippen LogP contribution < -0.4 is 0 Å². The maximum atomic E-state index is 5.44. The number of para-hydroxylation sites is 2. The minimum Gasteiger partial charge on any atom is -0.277 e. The first-order valence-corrected chi connectivity index (χ1v) is 17.7. The Kier molecular flexibility index (Phi) is 5.83. The van der Waals surface area contributed by atoms with E-state index in [2.05, 4.69) is 168 Å². The van der Waals surface area contributed by atoms with Crippen molar-refractivity contribution in [1.82, 2.24) is 14.5 Å². The van der Waals surface area contributed by atoms with Gasteiger partial charge in [0.2, 0.25) is 5.95 Å². The topological polar surface area (TPSA) is 30.7 Å². The van der Waals surface area contributed by atoms with Crippen LogP contribution in [0.1, 0.15) is 0 Å². The molecule has 0 atom stereocenters. The minimum atomic E-state index is 0.666. The number of hydrogen-bond acceptors (Lipinski definition) is 3. The van der Waals surface area contributed by atoms with Crippen molar-refractivity contribution < 1.29 is 0 Å². The average molecular weight is 654 g/mol. The fourth-order valence-electron chi connectivity index (χ4n) is 7.94. The highest BCUT2D eigenvalue weighted by Gasteiger charge is 2.21. The van der Waals surface area contributed by atoms with Gasteiger partial charge in [-0.1, -0.05) is 133 Å². The molecule has 0 amide bonds. The van der Waals surface area contributed by atoms with Crippen molar-refractivity contribution in [2.45, 2.75) is 0 Å². The molecule has 0 aliphatic rings. The molecule has 3 aromatic heterocycles. The van der Waals surface area contributed by atoms with Crippen LogP contribution >= 0.6 is 11.3 Å². The van der Waals surface area contributed by atoms with E-state index >= 15 is 0 Å². The van der Waals surface area contributed by atoms with E-state index in [4.69, 9.17) is 9.97 Å². The zero-order valence-electron chi connectivity index (χ0n) is 26.8. The lowest BCUT2D eigenvalue weighted by Crippen LogP contribution is -2.04. The second-order valence-electron chi connectivity index (χ2n) is 12.9. The first-order valence-electron chi connectivity index (χ1n) is 16.9. The van der Waals surface area contributed by atoms with E-state index in [9.17, 15) is 0 Å². The van der Waals surface area contributed by atoms with Gasteiger partial charge < -0.3 is 0 Å². The Balaban J connectivity index is 1.26. The van der Waals surface area contributed by atoms with Crippen molar-refractivity contribution in [3.05, 3.63) is 164 Å². The van der Waals surface area contributed by atoms with Gasteiger partial charge in [-0.3, -0.25) is 4.57 Å². The van der Waals surface area contributed by atoms with Gasteiger partial charge in [0.15, 0.2) is 0 Å².